The topological polar surface area (TPSA) is 68.2 Å². The molecule has 0 aromatic heterocycles. The second kappa shape index (κ2) is 35.1. The first-order valence-corrected chi connectivity index (χ1v) is 20.7. The zero-order valence-electron chi connectivity index (χ0n) is 31.4. The molecule has 4 atom stereocenters. The minimum atomic E-state index is -0.655. The van der Waals surface area contributed by atoms with E-state index >= 15 is 0 Å². The number of hydrogen-bond donors (Lipinski definition) is 2. The molecule has 278 valence electrons. The number of aliphatic hydroxyl groups excluding tert-OH is 2. The maximum absolute atomic E-state index is 10.5. The third kappa shape index (κ3) is 26.8. The van der Waals surface area contributed by atoms with E-state index in [0.29, 0.717) is 13.2 Å². The first-order valence-electron chi connectivity index (χ1n) is 20.7. The van der Waals surface area contributed by atoms with Crippen molar-refractivity contribution in [1.82, 2.24) is 0 Å². The first kappa shape index (κ1) is 44.3. The van der Waals surface area contributed by atoms with Crippen LogP contribution in [0.1, 0.15) is 194 Å². The molecule has 0 amide bonds. The maximum Gasteiger partial charge on any atom is 0.115 e. The van der Waals surface area contributed by atoms with Crippen LogP contribution in [0.4, 0.5) is 0 Å². The van der Waals surface area contributed by atoms with Crippen molar-refractivity contribution in [3.63, 3.8) is 0 Å². The number of unbranched alkanes of at least 4 members (excludes halogenated alkanes) is 24. The summed E-state index contributed by atoms with van der Waals surface area (Å²) < 4.78 is 17.9. The summed E-state index contributed by atoms with van der Waals surface area (Å²) in [5.74, 6) is 0. The molecule has 0 saturated carbocycles. The third-order valence-corrected chi connectivity index (χ3v) is 9.66. The van der Waals surface area contributed by atoms with Crippen LogP contribution in [0, 0.1) is 0 Å². The van der Waals surface area contributed by atoms with Gasteiger partial charge < -0.3 is 24.4 Å². The Hall–Kier alpha value is -0.720. The molecule has 2 N–H and O–H groups in total. The molecule has 0 radical (unpaired) electrons. The van der Waals surface area contributed by atoms with Crippen molar-refractivity contribution in [1.29, 1.82) is 0 Å². The molecule has 0 aliphatic carbocycles. The van der Waals surface area contributed by atoms with E-state index in [9.17, 15) is 10.2 Å². The van der Waals surface area contributed by atoms with Crippen LogP contribution in [-0.4, -0.2) is 61.1 Å². The Kier molecular flexibility index (Phi) is 33.1. The second-order valence-corrected chi connectivity index (χ2v) is 14.2. The predicted octanol–water partition coefficient (Wildman–Crippen LogP) is 11.6. The Balaban J connectivity index is 1.99. The quantitative estimate of drug-likeness (QED) is 0.0515. The van der Waals surface area contributed by atoms with Gasteiger partial charge >= 0.3 is 0 Å². The fraction of sp³-hybridized carbons (Fsp3) is 0.905. The lowest BCUT2D eigenvalue weighted by molar-refractivity contribution is -0.118. The SMILES string of the molecule is CCCCCCCCC=CCCCCCCCCO[C@H]1[C@@H]([C@@H](CO)OCCCCCCCCC=CCCCCCCCC)OC[C@@H]1O. The van der Waals surface area contributed by atoms with Crippen LogP contribution in [0.2, 0.25) is 0 Å². The molecular weight excluding hydrogens is 584 g/mol. The summed E-state index contributed by atoms with van der Waals surface area (Å²) in [6.07, 6.45) is 43.5. The zero-order valence-corrected chi connectivity index (χ0v) is 31.4. The summed E-state index contributed by atoms with van der Waals surface area (Å²) in [5.41, 5.74) is 0. The number of hydrogen-bond acceptors (Lipinski definition) is 5. The Morgan fingerprint density at radius 2 is 0.936 bits per heavy atom. The zero-order chi connectivity index (χ0) is 33.9. The number of ether oxygens (including phenoxy) is 3. The van der Waals surface area contributed by atoms with E-state index in [1.54, 1.807) is 0 Å². The van der Waals surface area contributed by atoms with E-state index in [1.165, 1.54) is 154 Å². The van der Waals surface area contributed by atoms with Crippen molar-refractivity contribution >= 4 is 0 Å². The summed E-state index contributed by atoms with van der Waals surface area (Å²) in [6, 6.07) is 0. The average Bonchev–Trinajstić information content (AvgIpc) is 3.45. The molecule has 5 heteroatoms. The highest BCUT2D eigenvalue weighted by molar-refractivity contribution is 4.90. The van der Waals surface area contributed by atoms with Crippen LogP contribution in [-0.2, 0) is 14.2 Å². The highest BCUT2D eigenvalue weighted by Crippen LogP contribution is 2.24. The summed E-state index contributed by atoms with van der Waals surface area (Å²) in [7, 11) is 0. The molecule has 0 spiro atoms. The van der Waals surface area contributed by atoms with Gasteiger partial charge in [-0.15, -0.1) is 0 Å². The normalized spacial score (nSPS) is 19.1. The standard InChI is InChI=1S/C42H80O5/c1-3-5-7-9-11-13-15-17-19-21-23-25-27-29-31-33-35-45-40(37-43)42-41(39(44)38-47-42)46-36-34-32-30-28-26-24-22-20-18-16-14-12-10-8-6-4-2/h17-20,39-44H,3-16,21-38H2,1-2H3/t39-,40+,41+,42+/m0/s1. The van der Waals surface area contributed by atoms with Gasteiger partial charge in [-0.2, -0.15) is 0 Å². The van der Waals surface area contributed by atoms with Gasteiger partial charge in [-0.1, -0.05) is 154 Å². The molecule has 1 fully saturated rings. The van der Waals surface area contributed by atoms with Crippen LogP contribution in [0.25, 0.3) is 0 Å². The van der Waals surface area contributed by atoms with Gasteiger partial charge in [0.2, 0.25) is 0 Å². The van der Waals surface area contributed by atoms with Crippen molar-refractivity contribution in [3.05, 3.63) is 24.3 Å². The van der Waals surface area contributed by atoms with E-state index < -0.39 is 24.4 Å². The summed E-state index contributed by atoms with van der Waals surface area (Å²) >= 11 is 0. The molecule has 0 bridgehead atoms. The first-order chi connectivity index (χ1) is 23.2. The van der Waals surface area contributed by atoms with E-state index in [2.05, 4.69) is 38.2 Å². The molecule has 0 aromatic carbocycles. The lowest BCUT2D eigenvalue weighted by Gasteiger charge is -2.27. The monoisotopic (exact) mass is 665 g/mol. The Morgan fingerprint density at radius 1 is 0.553 bits per heavy atom. The molecule has 0 aromatic rings. The van der Waals surface area contributed by atoms with Gasteiger partial charge in [0.25, 0.3) is 0 Å². The van der Waals surface area contributed by atoms with Crippen LogP contribution in [0.5, 0.6) is 0 Å². The maximum atomic E-state index is 10.5. The number of allylic oxidation sites excluding steroid dienone is 4. The van der Waals surface area contributed by atoms with E-state index in [1.807, 2.05) is 0 Å². The minimum absolute atomic E-state index is 0.113. The highest BCUT2D eigenvalue weighted by Gasteiger charge is 2.42. The van der Waals surface area contributed by atoms with Gasteiger partial charge in [0.15, 0.2) is 0 Å². The summed E-state index contributed by atoms with van der Waals surface area (Å²) in [6.45, 7) is 5.92. The molecule has 1 rings (SSSR count). The third-order valence-electron chi connectivity index (χ3n) is 9.66. The smallest absolute Gasteiger partial charge is 0.115 e. The number of rotatable bonds is 36. The van der Waals surface area contributed by atoms with Gasteiger partial charge in [0.1, 0.15) is 24.4 Å². The minimum Gasteiger partial charge on any atom is -0.394 e. The molecule has 5 nitrogen and oxygen atoms in total. The molecule has 1 aliphatic rings. The summed E-state index contributed by atoms with van der Waals surface area (Å²) in [4.78, 5) is 0. The molecule has 0 unspecified atom stereocenters. The Morgan fingerprint density at radius 3 is 1.36 bits per heavy atom. The Bertz CT molecular complexity index is 680. The van der Waals surface area contributed by atoms with Gasteiger partial charge in [0, 0.05) is 13.2 Å². The second-order valence-electron chi connectivity index (χ2n) is 14.2. The predicted molar refractivity (Wildman–Crippen MR) is 201 cm³/mol. The van der Waals surface area contributed by atoms with Crippen molar-refractivity contribution < 1.29 is 24.4 Å². The fourth-order valence-corrected chi connectivity index (χ4v) is 6.55. The fourth-order valence-electron chi connectivity index (χ4n) is 6.55. The van der Waals surface area contributed by atoms with Crippen molar-refractivity contribution in [2.24, 2.45) is 0 Å². The van der Waals surface area contributed by atoms with Gasteiger partial charge in [0.05, 0.1) is 13.2 Å². The van der Waals surface area contributed by atoms with Crippen molar-refractivity contribution in [3.8, 4) is 0 Å². The van der Waals surface area contributed by atoms with E-state index in [4.69, 9.17) is 14.2 Å². The lowest BCUT2D eigenvalue weighted by atomic mass is 10.1. The van der Waals surface area contributed by atoms with Crippen LogP contribution >= 0.6 is 0 Å². The van der Waals surface area contributed by atoms with Gasteiger partial charge in [-0.25, -0.2) is 0 Å². The van der Waals surface area contributed by atoms with Crippen molar-refractivity contribution in [2.75, 3.05) is 26.4 Å². The van der Waals surface area contributed by atoms with Crippen LogP contribution in [0.15, 0.2) is 24.3 Å². The molecule has 47 heavy (non-hydrogen) atoms. The van der Waals surface area contributed by atoms with E-state index in [-0.39, 0.29) is 13.2 Å². The lowest BCUT2D eigenvalue weighted by Crippen LogP contribution is -2.44. The number of aliphatic hydroxyl groups is 2. The molecule has 1 saturated heterocycles. The molecular formula is C42H80O5. The van der Waals surface area contributed by atoms with Crippen LogP contribution < -0.4 is 0 Å². The van der Waals surface area contributed by atoms with Gasteiger partial charge in [-0.05, 0) is 64.2 Å². The average molecular weight is 665 g/mol. The van der Waals surface area contributed by atoms with Crippen LogP contribution in [0.3, 0.4) is 0 Å². The summed E-state index contributed by atoms with van der Waals surface area (Å²) in [5, 5.41) is 20.5. The Labute approximate surface area is 292 Å². The van der Waals surface area contributed by atoms with E-state index in [0.717, 1.165) is 25.7 Å². The molecule has 1 heterocycles. The molecule has 1 aliphatic heterocycles. The largest absolute Gasteiger partial charge is 0.394 e. The van der Waals surface area contributed by atoms with Crippen molar-refractivity contribution in [2.45, 2.75) is 218 Å². The van der Waals surface area contributed by atoms with Gasteiger partial charge in [-0.3, -0.25) is 0 Å². The highest BCUT2D eigenvalue weighted by atomic mass is 16.6.